The van der Waals surface area contributed by atoms with E-state index in [-0.39, 0.29) is 22.6 Å². The molecule has 0 radical (unpaired) electrons. The van der Waals surface area contributed by atoms with Gasteiger partial charge < -0.3 is 14.6 Å². The molecule has 0 aliphatic carbocycles. The highest BCUT2D eigenvalue weighted by Crippen LogP contribution is 2.34. The minimum atomic E-state index is -4.54. The number of aromatic nitrogens is 3. The van der Waals surface area contributed by atoms with Crippen molar-refractivity contribution in [3.05, 3.63) is 64.4 Å². The summed E-state index contributed by atoms with van der Waals surface area (Å²) in [7, 11) is 0. The predicted molar refractivity (Wildman–Crippen MR) is 131 cm³/mol. The molecule has 1 atom stereocenters. The van der Waals surface area contributed by atoms with Crippen LogP contribution < -0.4 is 10.1 Å². The van der Waals surface area contributed by atoms with Crippen LogP contribution in [0.1, 0.15) is 56.7 Å². The number of amides is 1. The third-order valence-corrected chi connectivity index (χ3v) is 6.48. The Labute approximate surface area is 211 Å². The predicted octanol–water partition coefficient (Wildman–Crippen LogP) is 6.96. The zero-order valence-corrected chi connectivity index (χ0v) is 21.3. The normalized spacial score (nSPS) is 12.6. The third kappa shape index (κ3) is 6.91. The van der Waals surface area contributed by atoms with E-state index in [4.69, 9.17) is 16.3 Å². The highest BCUT2D eigenvalue weighted by Gasteiger charge is 2.31. The molecule has 3 aromatic rings. The third-order valence-electron chi connectivity index (χ3n) is 5.19. The molecular weight excluding hydrogens is 501 g/mol. The summed E-state index contributed by atoms with van der Waals surface area (Å²) >= 11 is 7.08. The fourth-order valence-electron chi connectivity index (χ4n) is 3.31. The second-order valence-corrected chi connectivity index (χ2v) is 9.45. The molecule has 0 saturated heterocycles. The van der Waals surface area contributed by atoms with Crippen LogP contribution in [0.15, 0.2) is 47.6 Å². The lowest BCUT2D eigenvalue weighted by Gasteiger charge is -2.16. The average Bonchev–Trinajstić information content (AvgIpc) is 3.22. The molecule has 1 heterocycles. The summed E-state index contributed by atoms with van der Waals surface area (Å²) in [5.41, 5.74) is 0.216. The summed E-state index contributed by atoms with van der Waals surface area (Å²) in [6.07, 6.45) is -4.93. The molecule has 1 aromatic heterocycles. The second kappa shape index (κ2) is 11.3. The van der Waals surface area contributed by atoms with Crippen molar-refractivity contribution in [1.82, 2.24) is 14.8 Å². The number of halogens is 4. The fraction of sp³-hybridized carbons (Fsp3) is 0.375. The highest BCUT2D eigenvalue weighted by molar-refractivity contribution is 7.99. The number of nitrogens with one attached hydrogen (secondary N) is 1. The van der Waals surface area contributed by atoms with Gasteiger partial charge in [0.15, 0.2) is 17.1 Å². The SMILES string of the molecule is CCn1c(SCC(=O)Nc2cc(C(F)(F)F)ccc2Cl)nnc1C(C)Oc1ccc(C(C)C)cc1. The van der Waals surface area contributed by atoms with Gasteiger partial charge in [-0.1, -0.05) is 49.3 Å². The molecule has 1 amide bonds. The number of anilines is 1. The molecule has 0 bridgehead atoms. The minimum absolute atomic E-state index is 0.0164. The maximum absolute atomic E-state index is 13.0. The molecule has 3 rings (SSSR count). The Morgan fingerprint density at radius 3 is 2.43 bits per heavy atom. The van der Waals surface area contributed by atoms with Gasteiger partial charge in [0, 0.05) is 6.54 Å². The first kappa shape index (κ1) is 26.9. The maximum Gasteiger partial charge on any atom is 0.416 e. The van der Waals surface area contributed by atoms with Gasteiger partial charge in [-0.25, -0.2) is 0 Å². The van der Waals surface area contributed by atoms with E-state index in [1.165, 1.54) is 5.56 Å². The zero-order chi connectivity index (χ0) is 25.8. The summed E-state index contributed by atoms with van der Waals surface area (Å²) in [6.45, 7) is 8.57. The molecule has 35 heavy (non-hydrogen) atoms. The Hall–Kier alpha value is -2.72. The Bertz CT molecular complexity index is 1170. The van der Waals surface area contributed by atoms with E-state index in [2.05, 4.69) is 29.4 Å². The maximum atomic E-state index is 13.0. The second-order valence-electron chi connectivity index (χ2n) is 8.10. The van der Waals surface area contributed by atoms with E-state index in [0.717, 1.165) is 30.0 Å². The van der Waals surface area contributed by atoms with Gasteiger partial charge in [-0.05, 0) is 55.7 Å². The molecule has 0 saturated carbocycles. The Morgan fingerprint density at radius 1 is 1.14 bits per heavy atom. The van der Waals surface area contributed by atoms with Crippen molar-refractivity contribution in [2.45, 2.75) is 57.6 Å². The van der Waals surface area contributed by atoms with Gasteiger partial charge in [0.2, 0.25) is 5.91 Å². The number of hydrogen-bond acceptors (Lipinski definition) is 5. The van der Waals surface area contributed by atoms with Gasteiger partial charge in [0.05, 0.1) is 22.0 Å². The van der Waals surface area contributed by atoms with Crippen molar-refractivity contribution < 1.29 is 22.7 Å². The Morgan fingerprint density at radius 2 is 1.83 bits per heavy atom. The van der Waals surface area contributed by atoms with Crippen LogP contribution in [0.25, 0.3) is 0 Å². The van der Waals surface area contributed by atoms with E-state index < -0.39 is 17.6 Å². The zero-order valence-electron chi connectivity index (χ0n) is 19.7. The minimum Gasteiger partial charge on any atom is -0.483 e. The quantitative estimate of drug-likeness (QED) is 0.305. The Kier molecular flexibility index (Phi) is 8.71. The molecular formula is C24H26ClF3N4O2S. The number of alkyl halides is 3. The molecule has 0 aliphatic heterocycles. The monoisotopic (exact) mass is 526 g/mol. The van der Waals surface area contributed by atoms with Crippen LogP contribution in [0.2, 0.25) is 5.02 Å². The van der Waals surface area contributed by atoms with Crippen molar-refractivity contribution in [3.8, 4) is 5.75 Å². The first-order valence-corrected chi connectivity index (χ1v) is 12.3. The van der Waals surface area contributed by atoms with Crippen molar-refractivity contribution in [3.63, 3.8) is 0 Å². The molecule has 188 valence electrons. The van der Waals surface area contributed by atoms with Crippen LogP contribution in [-0.4, -0.2) is 26.4 Å². The first-order valence-electron chi connectivity index (χ1n) is 11.0. The molecule has 0 fully saturated rings. The number of benzene rings is 2. The van der Waals surface area contributed by atoms with Gasteiger partial charge in [0.1, 0.15) is 5.75 Å². The summed E-state index contributed by atoms with van der Waals surface area (Å²) < 4.78 is 46.7. The van der Waals surface area contributed by atoms with Crippen LogP contribution in [0.3, 0.4) is 0 Å². The molecule has 1 N–H and O–H groups in total. The van der Waals surface area contributed by atoms with Crippen molar-refractivity contribution in [1.29, 1.82) is 0 Å². The standard InChI is InChI=1S/C24H26ClF3N4O2S/c1-5-32-22(15(4)34-18-9-6-16(7-10-18)14(2)3)30-31-23(32)35-13-21(33)29-20-12-17(24(26,27)28)8-11-19(20)25/h6-12,14-15H,5,13H2,1-4H3,(H,29,33). The number of rotatable bonds is 9. The van der Waals surface area contributed by atoms with Crippen molar-refractivity contribution in [2.24, 2.45) is 0 Å². The van der Waals surface area contributed by atoms with Crippen molar-refractivity contribution >= 4 is 35.0 Å². The van der Waals surface area contributed by atoms with E-state index >= 15 is 0 Å². The van der Waals surface area contributed by atoms with E-state index in [0.29, 0.717) is 29.2 Å². The lowest BCUT2D eigenvalue weighted by Crippen LogP contribution is -2.16. The van der Waals surface area contributed by atoms with Gasteiger partial charge >= 0.3 is 6.18 Å². The topological polar surface area (TPSA) is 69.0 Å². The van der Waals surface area contributed by atoms with E-state index in [9.17, 15) is 18.0 Å². The largest absolute Gasteiger partial charge is 0.483 e. The number of carbonyl (C=O) groups excluding carboxylic acids is 1. The molecule has 0 spiro atoms. The summed E-state index contributed by atoms with van der Waals surface area (Å²) in [4.78, 5) is 12.4. The average molecular weight is 527 g/mol. The van der Waals surface area contributed by atoms with E-state index in [1.807, 2.05) is 42.7 Å². The summed E-state index contributed by atoms with van der Waals surface area (Å²) in [6, 6.07) is 10.6. The first-order chi connectivity index (χ1) is 16.5. The van der Waals surface area contributed by atoms with Gasteiger partial charge in [-0.3, -0.25) is 4.79 Å². The Balaban J connectivity index is 1.64. The van der Waals surface area contributed by atoms with Gasteiger partial charge in [-0.2, -0.15) is 13.2 Å². The van der Waals surface area contributed by atoms with Crippen LogP contribution in [0.4, 0.5) is 18.9 Å². The number of thioether (sulfide) groups is 1. The fourth-order valence-corrected chi connectivity index (χ4v) is 4.28. The number of hydrogen-bond donors (Lipinski definition) is 1. The number of nitrogens with zero attached hydrogens (tertiary/aromatic N) is 3. The van der Waals surface area contributed by atoms with E-state index in [1.54, 1.807) is 0 Å². The number of carbonyl (C=O) groups is 1. The van der Waals surface area contributed by atoms with Crippen LogP contribution >= 0.6 is 23.4 Å². The molecule has 1 unspecified atom stereocenters. The summed E-state index contributed by atoms with van der Waals surface area (Å²) in [5, 5.41) is 11.4. The molecule has 2 aromatic carbocycles. The van der Waals surface area contributed by atoms with Crippen molar-refractivity contribution in [2.75, 3.05) is 11.1 Å². The summed E-state index contributed by atoms with van der Waals surface area (Å²) in [5.74, 6) is 1.13. The van der Waals surface area contributed by atoms with Gasteiger partial charge in [0.25, 0.3) is 0 Å². The van der Waals surface area contributed by atoms with Gasteiger partial charge in [-0.15, -0.1) is 10.2 Å². The van der Waals surface area contributed by atoms with Crippen LogP contribution in [0.5, 0.6) is 5.75 Å². The number of ether oxygens (including phenoxy) is 1. The smallest absolute Gasteiger partial charge is 0.416 e. The lowest BCUT2D eigenvalue weighted by molar-refractivity contribution is -0.137. The lowest BCUT2D eigenvalue weighted by atomic mass is 10.0. The molecule has 11 heteroatoms. The highest BCUT2D eigenvalue weighted by atomic mass is 35.5. The van der Waals surface area contributed by atoms with Crippen LogP contribution in [-0.2, 0) is 17.5 Å². The molecule has 0 aliphatic rings. The molecule has 6 nitrogen and oxygen atoms in total. The van der Waals surface area contributed by atoms with Crippen LogP contribution in [0, 0.1) is 0 Å².